The third-order valence-corrected chi connectivity index (χ3v) is 6.30. The molecule has 27 heavy (non-hydrogen) atoms. The number of rotatable bonds is 5. The van der Waals surface area contributed by atoms with Crippen LogP contribution in [0.25, 0.3) is 0 Å². The number of carbonyl (C=O) groups is 1. The Labute approximate surface area is 156 Å². The lowest BCUT2D eigenvalue weighted by molar-refractivity contribution is -0.148. The number of carbonyl (C=O) groups excluding carboxylic acids is 1. The Balaban J connectivity index is 1.72. The highest BCUT2D eigenvalue weighted by Gasteiger charge is 2.41. The van der Waals surface area contributed by atoms with E-state index < -0.39 is 32.7 Å². The molecule has 8 heteroatoms. The van der Waals surface area contributed by atoms with Gasteiger partial charge in [0.2, 0.25) is 10.0 Å². The summed E-state index contributed by atoms with van der Waals surface area (Å²) in [5, 5.41) is 8.78. The molecule has 1 aliphatic heterocycles. The van der Waals surface area contributed by atoms with Gasteiger partial charge in [0.15, 0.2) is 0 Å². The van der Waals surface area contributed by atoms with Gasteiger partial charge < -0.3 is 4.74 Å². The molecule has 2 aromatic carbocycles. The molecule has 0 bridgehead atoms. The van der Waals surface area contributed by atoms with Crippen molar-refractivity contribution in [3.63, 3.8) is 0 Å². The number of hydrogen-bond donors (Lipinski definition) is 0. The van der Waals surface area contributed by atoms with Crippen molar-refractivity contribution in [3.8, 4) is 6.07 Å². The van der Waals surface area contributed by atoms with E-state index in [-0.39, 0.29) is 13.2 Å². The van der Waals surface area contributed by atoms with E-state index in [0.717, 1.165) is 10.4 Å². The minimum absolute atomic E-state index is 0.0331. The van der Waals surface area contributed by atoms with Crippen LogP contribution < -0.4 is 0 Å². The molecule has 1 atom stereocenters. The van der Waals surface area contributed by atoms with Crippen LogP contribution in [-0.2, 0) is 26.2 Å². The van der Waals surface area contributed by atoms with E-state index in [1.807, 2.05) is 6.07 Å². The van der Waals surface area contributed by atoms with Gasteiger partial charge in [0.05, 0.1) is 11.6 Å². The summed E-state index contributed by atoms with van der Waals surface area (Å²) >= 11 is 0. The molecule has 0 N–H and O–H groups in total. The number of sulfonamides is 1. The minimum Gasteiger partial charge on any atom is -0.460 e. The molecule has 0 saturated carbocycles. The smallest absolute Gasteiger partial charge is 0.324 e. The number of hydrogen-bond acceptors (Lipinski definition) is 5. The highest BCUT2D eigenvalue weighted by atomic mass is 32.2. The Kier molecular flexibility index (Phi) is 5.54. The van der Waals surface area contributed by atoms with Gasteiger partial charge in [0.25, 0.3) is 0 Å². The third-order valence-electron chi connectivity index (χ3n) is 4.36. The number of ether oxygens (including phenoxy) is 1. The van der Waals surface area contributed by atoms with Crippen molar-refractivity contribution in [1.82, 2.24) is 4.31 Å². The van der Waals surface area contributed by atoms with E-state index in [4.69, 9.17) is 10.00 Å². The second-order valence-corrected chi connectivity index (χ2v) is 7.98. The normalized spacial score (nSPS) is 17.4. The number of nitriles is 1. The fraction of sp³-hybridized carbons (Fsp3) is 0.263. The Bertz CT molecular complexity index is 984. The van der Waals surface area contributed by atoms with Crippen LogP contribution in [0.2, 0.25) is 0 Å². The molecule has 0 amide bonds. The van der Waals surface area contributed by atoms with Gasteiger partial charge in [-0.1, -0.05) is 24.3 Å². The lowest BCUT2D eigenvalue weighted by Crippen LogP contribution is -2.41. The molecule has 1 aliphatic rings. The van der Waals surface area contributed by atoms with Crippen LogP contribution in [0, 0.1) is 17.1 Å². The Hall–Kier alpha value is -2.76. The van der Waals surface area contributed by atoms with Gasteiger partial charge in [0.1, 0.15) is 23.4 Å². The number of esters is 1. The van der Waals surface area contributed by atoms with Gasteiger partial charge >= 0.3 is 5.97 Å². The monoisotopic (exact) mass is 388 g/mol. The zero-order chi connectivity index (χ0) is 19.4. The standard InChI is InChI=1S/C19H17FN2O4S/c20-16-4-1-2-6-18(16)27(24,25)22-11-3-5-17(22)19(23)26-13-15-9-7-14(12-21)8-10-15/h1-2,4,6-10,17H,3,5,11,13H2/t17-/m0/s1. The molecule has 3 rings (SSSR count). The Morgan fingerprint density at radius 3 is 2.59 bits per heavy atom. The lowest BCUT2D eigenvalue weighted by atomic mass is 10.1. The molecular weight excluding hydrogens is 371 g/mol. The maximum Gasteiger partial charge on any atom is 0.324 e. The number of halogens is 1. The fourth-order valence-electron chi connectivity index (χ4n) is 2.97. The maximum atomic E-state index is 14.0. The van der Waals surface area contributed by atoms with E-state index in [0.29, 0.717) is 24.0 Å². The van der Waals surface area contributed by atoms with Gasteiger partial charge in [-0.25, -0.2) is 12.8 Å². The fourth-order valence-corrected chi connectivity index (χ4v) is 4.68. The van der Waals surface area contributed by atoms with E-state index >= 15 is 0 Å². The van der Waals surface area contributed by atoms with Gasteiger partial charge in [-0.2, -0.15) is 9.57 Å². The zero-order valence-electron chi connectivity index (χ0n) is 14.3. The molecule has 6 nitrogen and oxygen atoms in total. The molecular formula is C19H17FN2O4S. The summed E-state index contributed by atoms with van der Waals surface area (Å²) in [4.78, 5) is 12.0. The highest BCUT2D eigenvalue weighted by Crippen LogP contribution is 2.28. The minimum atomic E-state index is -4.13. The molecule has 1 saturated heterocycles. The molecule has 1 heterocycles. The summed E-state index contributed by atoms with van der Waals surface area (Å²) in [6, 6.07) is 12.6. The molecule has 0 aromatic heterocycles. The third kappa shape index (κ3) is 3.99. The summed E-state index contributed by atoms with van der Waals surface area (Å²) in [5.41, 5.74) is 1.17. The van der Waals surface area contributed by atoms with Crippen molar-refractivity contribution in [2.24, 2.45) is 0 Å². The first-order valence-corrected chi connectivity index (χ1v) is 9.79. The number of benzene rings is 2. The number of nitrogens with zero attached hydrogens (tertiary/aromatic N) is 2. The van der Waals surface area contributed by atoms with Crippen molar-refractivity contribution in [3.05, 3.63) is 65.5 Å². The SMILES string of the molecule is N#Cc1ccc(COC(=O)[C@@H]2CCCN2S(=O)(=O)c2ccccc2F)cc1. The van der Waals surface area contributed by atoms with Crippen LogP contribution in [0.5, 0.6) is 0 Å². The van der Waals surface area contributed by atoms with Gasteiger partial charge in [0, 0.05) is 6.54 Å². The summed E-state index contributed by atoms with van der Waals surface area (Å²) in [5.74, 6) is -1.52. The van der Waals surface area contributed by atoms with Crippen LogP contribution in [0.1, 0.15) is 24.0 Å². The van der Waals surface area contributed by atoms with Gasteiger partial charge in [-0.15, -0.1) is 0 Å². The summed E-state index contributed by atoms with van der Waals surface area (Å²) < 4.78 is 45.7. The van der Waals surface area contributed by atoms with Crippen molar-refractivity contribution in [2.45, 2.75) is 30.4 Å². The first-order chi connectivity index (χ1) is 12.9. The van der Waals surface area contributed by atoms with Crippen LogP contribution in [0.4, 0.5) is 4.39 Å². The molecule has 1 fully saturated rings. The van der Waals surface area contributed by atoms with Crippen LogP contribution in [-0.4, -0.2) is 31.3 Å². The molecule has 0 radical (unpaired) electrons. The lowest BCUT2D eigenvalue weighted by Gasteiger charge is -2.23. The van der Waals surface area contributed by atoms with Crippen molar-refractivity contribution < 1.29 is 22.3 Å². The highest BCUT2D eigenvalue weighted by molar-refractivity contribution is 7.89. The van der Waals surface area contributed by atoms with E-state index in [2.05, 4.69) is 0 Å². The van der Waals surface area contributed by atoms with Crippen LogP contribution >= 0.6 is 0 Å². The molecule has 0 aliphatic carbocycles. The second kappa shape index (κ2) is 7.86. The summed E-state index contributed by atoms with van der Waals surface area (Å²) in [7, 11) is -4.13. The molecule has 140 valence electrons. The average molecular weight is 388 g/mol. The topological polar surface area (TPSA) is 87.5 Å². The first kappa shape index (κ1) is 19.0. The van der Waals surface area contributed by atoms with E-state index in [1.54, 1.807) is 24.3 Å². The Morgan fingerprint density at radius 2 is 1.93 bits per heavy atom. The summed E-state index contributed by atoms with van der Waals surface area (Å²) in [6.45, 7) is 0.0991. The van der Waals surface area contributed by atoms with Crippen LogP contribution in [0.15, 0.2) is 53.4 Å². The zero-order valence-corrected chi connectivity index (χ0v) is 15.2. The quantitative estimate of drug-likeness (QED) is 0.735. The molecule has 0 unspecified atom stereocenters. The first-order valence-electron chi connectivity index (χ1n) is 8.35. The predicted molar refractivity (Wildman–Crippen MR) is 94.3 cm³/mol. The predicted octanol–water partition coefficient (Wildman–Crippen LogP) is 2.59. The summed E-state index contributed by atoms with van der Waals surface area (Å²) in [6.07, 6.45) is 0.810. The molecule has 2 aromatic rings. The maximum absolute atomic E-state index is 14.0. The van der Waals surface area contributed by atoms with E-state index in [9.17, 15) is 17.6 Å². The molecule has 0 spiro atoms. The Morgan fingerprint density at radius 1 is 1.22 bits per heavy atom. The largest absolute Gasteiger partial charge is 0.460 e. The second-order valence-electron chi connectivity index (χ2n) is 6.12. The van der Waals surface area contributed by atoms with Crippen molar-refractivity contribution in [1.29, 1.82) is 5.26 Å². The van der Waals surface area contributed by atoms with Crippen LogP contribution in [0.3, 0.4) is 0 Å². The van der Waals surface area contributed by atoms with Crippen molar-refractivity contribution in [2.75, 3.05) is 6.54 Å². The van der Waals surface area contributed by atoms with Crippen molar-refractivity contribution >= 4 is 16.0 Å². The average Bonchev–Trinajstić information content (AvgIpc) is 3.17. The van der Waals surface area contributed by atoms with E-state index in [1.165, 1.54) is 18.2 Å². The van der Waals surface area contributed by atoms with Gasteiger partial charge in [-0.3, -0.25) is 4.79 Å². The van der Waals surface area contributed by atoms with Gasteiger partial charge in [-0.05, 0) is 42.7 Å².